The minimum Gasteiger partial charge on any atom is -0.388 e. The van der Waals surface area contributed by atoms with Crippen LogP contribution in [0.1, 0.15) is 31.9 Å². The molecule has 0 saturated carbocycles. The van der Waals surface area contributed by atoms with Gasteiger partial charge in [0.1, 0.15) is 0 Å². The third-order valence-electron chi connectivity index (χ3n) is 3.91. The zero-order valence-electron chi connectivity index (χ0n) is 10.9. The highest BCUT2D eigenvalue weighted by Gasteiger charge is 2.31. The summed E-state index contributed by atoms with van der Waals surface area (Å²) in [6, 6.07) is 9.75. The van der Waals surface area contributed by atoms with Gasteiger partial charge in [0.2, 0.25) is 0 Å². The average Bonchev–Trinajstić information content (AvgIpc) is 2.45. The van der Waals surface area contributed by atoms with E-state index in [1.165, 1.54) is 0 Å². The van der Waals surface area contributed by atoms with Crippen molar-refractivity contribution in [1.82, 2.24) is 4.98 Å². The fourth-order valence-electron chi connectivity index (χ4n) is 2.18. The molecule has 0 amide bonds. The second-order valence-electron chi connectivity index (χ2n) is 5.03. The number of aromatic nitrogens is 1. The zero-order valence-corrected chi connectivity index (χ0v) is 10.9. The van der Waals surface area contributed by atoms with Crippen molar-refractivity contribution in [2.45, 2.75) is 26.4 Å². The second-order valence-corrected chi connectivity index (χ2v) is 5.03. The van der Waals surface area contributed by atoms with Crippen molar-refractivity contribution in [3.05, 3.63) is 42.1 Å². The van der Waals surface area contributed by atoms with E-state index < -0.39 is 6.10 Å². The molecule has 0 aliphatic rings. The van der Waals surface area contributed by atoms with E-state index in [0.717, 1.165) is 22.9 Å². The number of benzene rings is 1. The van der Waals surface area contributed by atoms with Crippen LogP contribution in [0.5, 0.6) is 0 Å². The molecule has 3 heteroatoms. The SMILES string of the molecule is CCC(C)(CN)C(O)c1ccnc2ccccc12. The molecule has 0 aliphatic carbocycles. The van der Waals surface area contributed by atoms with Crippen LogP contribution >= 0.6 is 0 Å². The van der Waals surface area contributed by atoms with Crippen LogP contribution in [-0.4, -0.2) is 16.6 Å². The zero-order chi connectivity index (χ0) is 13.2. The van der Waals surface area contributed by atoms with Crippen molar-refractivity contribution in [3.63, 3.8) is 0 Å². The summed E-state index contributed by atoms with van der Waals surface area (Å²) >= 11 is 0. The van der Waals surface area contributed by atoms with Crippen molar-refractivity contribution >= 4 is 10.9 Å². The molecule has 18 heavy (non-hydrogen) atoms. The molecule has 0 spiro atoms. The van der Waals surface area contributed by atoms with Crippen LogP contribution in [0, 0.1) is 5.41 Å². The van der Waals surface area contributed by atoms with Gasteiger partial charge in [-0.15, -0.1) is 0 Å². The Hall–Kier alpha value is -1.45. The Morgan fingerprint density at radius 1 is 1.33 bits per heavy atom. The first-order chi connectivity index (χ1) is 8.62. The van der Waals surface area contributed by atoms with E-state index in [9.17, 15) is 5.11 Å². The molecule has 0 bridgehead atoms. The molecule has 1 aromatic heterocycles. The topological polar surface area (TPSA) is 59.1 Å². The molecule has 1 heterocycles. The summed E-state index contributed by atoms with van der Waals surface area (Å²) in [5.41, 5.74) is 7.34. The number of nitrogens with zero attached hydrogens (tertiary/aromatic N) is 1. The molecule has 96 valence electrons. The third kappa shape index (κ3) is 2.11. The third-order valence-corrected chi connectivity index (χ3v) is 3.91. The number of fused-ring (bicyclic) bond motifs is 1. The highest BCUT2D eigenvalue weighted by molar-refractivity contribution is 5.82. The molecule has 3 nitrogen and oxygen atoms in total. The van der Waals surface area contributed by atoms with Gasteiger partial charge in [-0.3, -0.25) is 4.98 Å². The minimum absolute atomic E-state index is 0.301. The van der Waals surface area contributed by atoms with Crippen LogP contribution in [-0.2, 0) is 0 Å². The Morgan fingerprint density at radius 3 is 2.72 bits per heavy atom. The highest BCUT2D eigenvalue weighted by Crippen LogP contribution is 2.38. The largest absolute Gasteiger partial charge is 0.388 e. The lowest BCUT2D eigenvalue weighted by Gasteiger charge is -2.33. The van der Waals surface area contributed by atoms with Gasteiger partial charge >= 0.3 is 0 Å². The van der Waals surface area contributed by atoms with Crippen molar-refractivity contribution in [2.75, 3.05) is 6.54 Å². The molecular formula is C15H20N2O. The van der Waals surface area contributed by atoms with Gasteiger partial charge in [-0.05, 0) is 24.1 Å². The van der Waals surface area contributed by atoms with E-state index in [1.807, 2.05) is 37.3 Å². The maximum atomic E-state index is 10.6. The smallest absolute Gasteiger partial charge is 0.0862 e. The maximum absolute atomic E-state index is 10.6. The Balaban J connectivity index is 2.54. The predicted octanol–water partition coefficient (Wildman–Crippen LogP) is 2.64. The summed E-state index contributed by atoms with van der Waals surface area (Å²) in [6.45, 7) is 4.54. The van der Waals surface area contributed by atoms with Crippen LogP contribution in [0.3, 0.4) is 0 Å². The van der Waals surface area contributed by atoms with Crippen LogP contribution in [0.15, 0.2) is 36.5 Å². The number of aliphatic hydroxyl groups is 1. The van der Waals surface area contributed by atoms with E-state index in [2.05, 4.69) is 11.9 Å². The molecule has 2 aromatic rings. The van der Waals surface area contributed by atoms with Gasteiger partial charge in [0.05, 0.1) is 11.6 Å². The van der Waals surface area contributed by atoms with Gasteiger partial charge in [0, 0.05) is 23.5 Å². The fraction of sp³-hybridized carbons (Fsp3) is 0.400. The molecule has 0 radical (unpaired) electrons. The summed E-state index contributed by atoms with van der Waals surface area (Å²) in [4.78, 5) is 4.32. The first-order valence-electron chi connectivity index (χ1n) is 6.34. The molecule has 3 N–H and O–H groups in total. The molecule has 0 saturated heterocycles. The minimum atomic E-state index is -0.569. The molecule has 0 fully saturated rings. The average molecular weight is 244 g/mol. The van der Waals surface area contributed by atoms with Gasteiger partial charge < -0.3 is 10.8 Å². The number of hydrogen-bond donors (Lipinski definition) is 2. The first-order valence-corrected chi connectivity index (χ1v) is 6.34. The maximum Gasteiger partial charge on any atom is 0.0862 e. The Kier molecular flexibility index (Phi) is 3.64. The Morgan fingerprint density at radius 2 is 2.06 bits per heavy atom. The van der Waals surface area contributed by atoms with Crippen molar-refractivity contribution < 1.29 is 5.11 Å². The van der Waals surface area contributed by atoms with E-state index >= 15 is 0 Å². The number of para-hydroxylation sites is 1. The number of nitrogens with two attached hydrogens (primary N) is 1. The van der Waals surface area contributed by atoms with E-state index in [0.29, 0.717) is 6.54 Å². The summed E-state index contributed by atoms with van der Waals surface area (Å²) in [6.07, 6.45) is 2.01. The number of pyridine rings is 1. The Bertz CT molecular complexity index is 530. The highest BCUT2D eigenvalue weighted by atomic mass is 16.3. The summed E-state index contributed by atoms with van der Waals surface area (Å²) in [5, 5.41) is 11.6. The number of hydrogen-bond acceptors (Lipinski definition) is 3. The monoisotopic (exact) mass is 244 g/mol. The van der Waals surface area contributed by atoms with Gasteiger partial charge in [-0.1, -0.05) is 32.0 Å². The van der Waals surface area contributed by atoms with E-state index in [-0.39, 0.29) is 5.41 Å². The van der Waals surface area contributed by atoms with Crippen LogP contribution in [0.4, 0.5) is 0 Å². The second kappa shape index (κ2) is 5.04. The molecular weight excluding hydrogens is 224 g/mol. The molecule has 0 aliphatic heterocycles. The molecule has 2 unspecified atom stereocenters. The lowest BCUT2D eigenvalue weighted by Crippen LogP contribution is -2.33. The van der Waals surface area contributed by atoms with Crippen molar-refractivity contribution in [3.8, 4) is 0 Å². The quantitative estimate of drug-likeness (QED) is 0.869. The summed E-state index contributed by atoms with van der Waals surface area (Å²) in [7, 11) is 0. The van der Waals surface area contributed by atoms with Gasteiger partial charge in [-0.2, -0.15) is 0 Å². The van der Waals surface area contributed by atoms with Gasteiger partial charge in [0.15, 0.2) is 0 Å². The lowest BCUT2D eigenvalue weighted by atomic mass is 9.78. The van der Waals surface area contributed by atoms with Crippen LogP contribution < -0.4 is 5.73 Å². The first kappa shape index (κ1) is 13.0. The predicted molar refractivity (Wildman–Crippen MR) is 74.2 cm³/mol. The van der Waals surface area contributed by atoms with E-state index in [4.69, 9.17) is 5.73 Å². The van der Waals surface area contributed by atoms with Gasteiger partial charge in [0.25, 0.3) is 0 Å². The molecule has 1 aromatic carbocycles. The fourth-order valence-corrected chi connectivity index (χ4v) is 2.18. The number of aliphatic hydroxyl groups excluding tert-OH is 1. The molecule has 2 rings (SSSR count). The van der Waals surface area contributed by atoms with Crippen molar-refractivity contribution in [2.24, 2.45) is 11.1 Å². The molecule has 2 atom stereocenters. The lowest BCUT2D eigenvalue weighted by molar-refractivity contribution is 0.0403. The standard InChI is InChI=1S/C15H20N2O/c1-3-15(2,10-16)14(18)12-8-9-17-13-7-5-4-6-11(12)13/h4-9,14,18H,3,10,16H2,1-2H3. The van der Waals surface area contributed by atoms with Gasteiger partial charge in [-0.25, -0.2) is 0 Å². The van der Waals surface area contributed by atoms with E-state index in [1.54, 1.807) is 6.20 Å². The van der Waals surface area contributed by atoms with Crippen LogP contribution in [0.2, 0.25) is 0 Å². The van der Waals surface area contributed by atoms with Crippen LogP contribution in [0.25, 0.3) is 10.9 Å². The summed E-state index contributed by atoms with van der Waals surface area (Å²) < 4.78 is 0. The number of rotatable bonds is 4. The summed E-state index contributed by atoms with van der Waals surface area (Å²) in [5.74, 6) is 0. The van der Waals surface area contributed by atoms with Crippen molar-refractivity contribution in [1.29, 1.82) is 0 Å². The normalized spacial score (nSPS) is 16.4. The Labute approximate surface area is 108 Å².